The third-order valence-electron chi connectivity index (χ3n) is 5.67. The minimum atomic E-state index is -0.516. The highest BCUT2D eigenvalue weighted by molar-refractivity contribution is 5.94. The molecule has 0 aliphatic carbocycles. The fourth-order valence-corrected chi connectivity index (χ4v) is 3.86. The van der Waals surface area contributed by atoms with Gasteiger partial charge in [-0.3, -0.25) is 4.79 Å². The fourth-order valence-electron chi connectivity index (χ4n) is 3.86. The lowest BCUT2D eigenvalue weighted by Crippen LogP contribution is -2.36. The van der Waals surface area contributed by atoms with Gasteiger partial charge in [0.15, 0.2) is 0 Å². The van der Waals surface area contributed by atoms with Crippen LogP contribution >= 0.6 is 0 Å². The molecule has 0 radical (unpaired) electrons. The van der Waals surface area contributed by atoms with Crippen molar-refractivity contribution in [2.75, 3.05) is 41.8 Å². The van der Waals surface area contributed by atoms with Crippen molar-refractivity contribution in [3.63, 3.8) is 0 Å². The van der Waals surface area contributed by atoms with Crippen LogP contribution in [-0.4, -0.2) is 48.2 Å². The Bertz CT molecular complexity index is 1080. The third kappa shape index (κ3) is 6.30. The highest BCUT2D eigenvalue weighted by Crippen LogP contribution is 2.23. The van der Waals surface area contributed by atoms with Gasteiger partial charge in [-0.05, 0) is 54.8 Å². The number of morpholine rings is 1. The van der Waals surface area contributed by atoms with Crippen LogP contribution in [0.1, 0.15) is 20.3 Å². The summed E-state index contributed by atoms with van der Waals surface area (Å²) in [7, 11) is 0. The van der Waals surface area contributed by atoms with E-state index in [-0.39, 0.29) is 5.91 Å². The largest absolute Gasteiger partial charge is 0.378 e. The Morgan fingerprint density at radius 1 is 1.03 bits per heavy atom. The van der Waals surface area contributed by atoms with Crippen LogP contribution in [0, 0.1) is 5.92 Å². The SMILES string of the molecule is CC(C)C[C@H](N)C(=O)Nc1ccc(-c2ccnc(Nc3ccc(N4CCOCC4)cc3)n2)cc1. The van der Waals surface area contributed by atoms with Crippen LogP contribution < -0.4 is 21.3 Å². The average molecular weight is 461 g/mol. The maximum absolute atomic E-state index is 12.3. The van der Waals surface area contributed by atoms with Crippen LogP contribution in [0.5, 0.6) is 0 Å². The lowest BCUT2D eigenvalue weighted by atomic mass is 10.0. The van der Waals surface area contributed by atoms with E-state index in [9.17, 15) is 4.79 Å². The Hall–Kier alpha value is -3.49. The smallest absolute Gasteiger partial charge is 0.241 e. The molecule has 8 nitrogen and oxygen atoms in total. The Balaban J connectivity index is 1.38. The van der Waals surface area contributed by atoms with E-state index in [2.05, 4.69) is 37.6 Å². The lowest BCUT2D eigenvalue weighted by molar-refractivity contribution is -0.117. The molecular weight excluding hydrogens is 428 g/mol. The molecule has 0 saturated carbocycles. The standard InChI is InChI=1S/C26H32N6O2/c1-18(2)17-23(27)25(33)29-20-5-3-19(4-6-20)24-11-12-28-26(31-24)30-21-7-9-22(10-8-21)32-13-15-34-16-14-32/h3-12,18,23H,13-17,27H2,1-2H3,(H,29,33)(H,28,30,31)/t23-/m0/s1. The van der Waals surface area contributed by atoms with Crippen LogP contribution in [0.4, 0.5) is 23.0 Å². The number of hydrogen-bond donors (Lipinski definition) is 3. The van der Waals surface area contributed by atoms with Crippen LogP contribution in [0.25, 0.3) is 11.3 Å². The van der Waals surface area contributed by atoms with Gasteiger partial charge in [-0.1, -0.05) is 26.0 Å². The molecule has 0 spiro atoms. The van der Waals surface area contributed by atoms with Crippen molar-refractivity contribution < 1.29 is 9.53 Å². The highest BCUT2D eigenvalue weighted by atomic mass is 16.5. The number of nitrogens with two attached hydrogens (primary N) is 1. The van der Waals surface area contributed by atoms with Gasteiger partial charge in [0.1, 0.15) is 0 Å². The number of ether oxygens (including phenoxy) is 1. The third-order valence-corrected chi connectivity index (χ3v) is 5.67. The first kappa shape index (κ1) is 23.7. The first-order valence-corrected chi connectivity index (χ1v) is 11.7. The molecule has 34 heavy (non-hydrogen) atoms. The van der Waals surface area contributed by atoms with Gasteiger partial charge in [0.25, 0.3) is 0 Å². The van der Waals surface area contributed by atoms with Crippen LogP contribution in [0.2, 0.25) is 0 Å². The van der Waals surface area contributed by atoms with Gasteiger partial charge in [-0.25, -0.2) is 9.97 Å². The van der Waals surface area contributed by atoms with Gasteiger partial charge < -0.3 is 26.0 Å². The zero-order valence-corrected chi connectivity index (χ0v) is 19.7. The summed E-state index contributed by atoms with van der Waals surface area (Å²) in [4.78, 5) is 23.6. The van der Waals surface area contributed by atoms with Gasteiger partial charge in [0.05, 0.1) is 24.9 Å². The molecule has 1 saturated heterocycles. The maximum atomic E-state index is 12.3. The Morgan fingerprint density at radius 2 is 1.71 bits per heavy atom. The Labute approximate surface area is 200 Å². The van der Waals surface area contributed by atoms with Crippen molar-refractivity contribution in [2.24, 2.45) is 11.7 Å². The van der Waals surface area contributed by atoms with E-state index in [0.717, 1.165) is 43.2 Å². The molecule has 1 atom stereocenters. The van der Waals surface area contributed by atoms with E-state index in [1.54, 1.807) is 6.20 Å². The van der Waals surface area contributed by atoms with Gasteiger partial charge in [-0.2, -0.15) is 0 Å². The number of nitrogens with zero attached hydrogens (tertiary/aromatic N) is 3. The fraction of sp³-hybridized carbons (Fsp3) is 0.346. The number of amides is 1. The summed E-state index contributed by atoms with van der Waals surface area (Å²) in [6.07, 6.45) is 2.38. The second-order valence-electron chi connectivity index (χ2n) is 8.84. The molecule has 4 N–H and O–H groups in total. The van der Waals surface area contributed by atoms with Crippen molar-refractivity contribution in [1.29, 1.82) is 0 Å². The normalized spacial score (nSPS) is 14.6. The summed E-state index contributed by atoms with van der Waals surface area (Å²) in [5.74, 6) is 0.717. The van der Waals surface area contributed by atoms with Crippen molar-refractivity contribution in [1.82, 2.24) is 9.97 Å². The number of rotatable bonds is 8. The second kappa shape index (κ2) is 11.1. The molecule has 1 aliphatic heterocycles. The molecule has 0 bridgehead atoms. The van der Waals surface area contributed by atoms with Crippen LogP contribution in [-0.2, 0) is 9.53 Å². The minimum absolute atomic E-state index is 0.172. The van der Waals surface area contributed by atoms with Crippen molar-refractivity contribution in [3.05, 3.63) is 60.8 Å². The van der Waals surface area contributed by atoms with E-state index < -0.39 is 6.04 Å². The Kier molecular flexibility index (Phi) is 7.72. The van der Waals surface area contributed by atoms with E-state index in [1.165, 1.54) is 5.69 Å². The summed E-state index contributed by atoms with van der Waals surface area (Å²) in [6.45, 7) is 7.44. The quantitative estimate of drug-likeness (QED) is 0.466. The number of carbonyl (C=O) groups is 1. The molecule has 3 aromatic rings. The molecular formula is C26H32N6O2. The van der Waals surface area contributed by atoms with Gasteiger partial charge in [0.2, 0.25) is 11.9 Å². The van der Waals surface area contributed by atoms with Crippen molar-refractivity contribution in [2.45, 2.75) is 26.3 Å². The number of aromatic nitrogens is 2. The molecule has 2 heterocycles. The number of nitrogens with one attached hydrogen (secondary N) is 2. The Morgan fingerprint density at radius 3 is 2.38 bits per heavy atom. The molecule has 2 aromatic carbocycles. The topological polar surface area (TPSA) is 105 Å². The first-order valence-electron chi connectivity index (χ1n) is 11.7. The molecule has 8 heteroatoms. The predicted molar refractivity (Wildman–Crippen MR) is 136 cm³/mol. The summed E-state index contributed by atoms with van der Waals surface area (Å²) < 4.78 is 5.42. The molecule has 1 aliphatic rings. The van der Waals surface area contributed by atoms with Crippen molar-refractivity contribution >= 4 is 28.9 Å². The predicted octanol–water partition coefficient (Wildman–Crippen LogP) is 4.04. The summed E-state index contributed by atoms with van der Waals surface area (Å²) in [6, 6.07) is 17.2. The highest BCUT2D eigenvalue weighted by Gasteiger charge is 2.15. The number of benzene rings is 2. The van der Waals surface area contributed by atoms with E-state index >= 15 is 0 Å². The van der Waals surface area contributed by atoms with E-state index in [4.69, 9.17) is 10.5 Å². The van der Waals surface area contributed by atoms with E-state index in [0.29, 0.717) is 24.0 Å². The molecule has 1 fully saturated rings. The second-order valence-corrected chi connectivity index (χ2v) is 8.84. The molecule has 4 rings (SSSR count). The molecule has 0 unspecified atom stereocenters. The van der Waals surface area contributed by atoms with Crippen molar-refractivity contribution in [3.8, 4) is 11.3 Å². The minimum Gasteiger partial charge on any atom is -0.378 e. The van der Waals surface area contributed by atoms with Gasteiger partial charge in [-0.15, -0.1) is 0 Å². The lowest BCUT2D eigenvalue weighted by Gasteiger charge is -2.28. The van der Waals surface area contributed by atoms with E-state index in [1.807, 2.05) is 56.3 Å². The molecule has 178 valence electrons. The van der Waals surface area contributed by atoms with Crippen LogP contribution in [0.3, 0.4) is 0 Å². The zero-order valence-electron chi connectivity index (χ0n) is 19.7. The zero-order chi connectivity index (χ0) is 23.9. The first-order chi connectivity index (χ1) is 16.5. The number of carbonyl (C=O) groups excluding carboxylic acids is 1. The number of anilines is 4. The maximum Gasteiger partial charge on any atom is 0.241 e. The number of hydrogen-bond acceptors (Lipinski definition) is 7. The van der Waals surface area contributed by atoms with Gasteiger partial charge in [0, 0.05) is 41.9 Å². The molecule has 1 amide bonds. The summed E-state index contributed by atoms with van der Waals surface area (Å²) in [5, 5.41) is 6.15. The van der Waals surface area contributed by atoms with Gasteiger partial charge >= 0.3 is 0 Å². The molecule has 1 aromatic heterocycles. The monoisotopic (exact) mass is 460 g/mol. The summed E-state index contributed by atoms with van der Waals surface area (Å²) in [5.41, 5.74) is 10.5. The average Bonchev–Trinajstić information content (AvgIpc) is 2.85. The summed E-state index contributed by atoms with van der Waals surface area (Å²) >= 11 is 0. The van der Waals surface area contributed by atoms with Crippen LogP contribution in [0.15, 0.2) is 60.8 Å².